The number of hydrogen-bond acceptors (Lipinski definition) is 4. The Bertz CT molecular complexity index is 3170. The minimum absolute atomic E-state index is 0.751. The van der Waals surface area contributed by atoms with E-state index in [1.165, 1.54) is 74.1 Å². The van der Waals surface area contributed by atoms with E-state index in [1.807, 2.05) is 11.3 Å². The molecule has 11 aromatic rings. The van der Waals surface area contributed by atoms with Crippen LogP contribution in [0.25, 0.3) is 107 Å². The SMILES string of the molecule is c1ccc(-c2nc(-c3ccc4sc5c(-c6ccc(-c7cccc8ccccc78)cc6)cc6ccccc6c5c4c3)nc3c2sc2ccccc23)cc1. The van der Waals surface area contributed by atoms with E-state index < -0.39 is 0 Å². The Morgan fingerprint density at radius 2 is 1.00 bits per heavy atom. The van der Waals surface area contributed by atoms with Crippen molar-refractivity contribution >= 4 is 84.7 Å². The van der Waals surface area contributed by atoms with Gasteiger partial charge in [-0.05, 0) is 68.6 Å². The van der Waals surface area contributed by atoms with Crippen molar-refractivity contribution < 1.29 is 0 Å². The van der Waals surface area contributed by atoms with Crippen molar-refractivity contribution in [3.63, 3.8) is 0 Å². The fourth-order valence-corrected chi connectivity index (χ4v) is 10.2. The molecule has 0 N–H and O–H groups in total. The summed E-state index contributed by atoms with van der Waals surface area (Å²) in [6.45, 7) is 0. The topological polar surface area (TPSA) is 25.8 Å². The molecule has 0 spiro atoms. The largest absolute Gasteiger partial charge is 0.226 e. The van der Waals surface area contributed by atoms with Gasteiger partial charge in [-0.25, -0.2) is 9.97 Å². The zero-order chi connectivity index (χ0) is 34.2. The highest BCUT2D eigenvalue weighted by Gasteiger charge is 2.19. The van der Waals surface area contributed by atoms with Crippen LogP contribution in [0.1, 0.15) is 0 Å². The van der Waals surface area contributed by atoms with Gasteiger partial charge in [0.15, 0.2) is 5.82 Å². The Kier molecular flexibility index (Phi) is 6.63. The van der Waals surface area contributed by atoms with Gasteiger partial charge in [0.25, 0.3) is 0 Å². The highest BCUT2D eigenvalue weighted by atomic mass is 32.1. The molecule has 3 heterocycles. The molecular weight excluding hydrogens is 669 g/mol. The van der Waals surface area contributed by atoms with Crippen LogP contribution in [0.3, 0.4) is 0 Å². The Hall–Kier alpha value is -6.20. The first-order valence-corrected chi connectivity index (χ1v) is 19.1. The maximum atomic E-state index is 5.29. The van der Waals surface area contributed by atoms with Gasteiger partial charge in [0, 0.05) is 46.9 Å². The average molecular weight is 697 g/mol. The van der Waals surface area contributed by atoms with Gasteiger partial charge >= 0.3 is 0 Å². The van der Waals surface area contributed by atoms with Crippen LogP contribution >= 0.6 is 22.7 Å². The molecule has 52 heavy (non-hydrogen) atoms. The number of hydrogen-bond donors (Lipinski definition) is 0. The van der Waals surface area contributed by atoms with E-state index in [9.17, 15) is 0 Å². The van der Waals surface area contributed by atoms with Gasteiger partial charge in [-0.15, -0.1) is 22.7 Å². The molecule has 0 atom stereocenters. The molecule has 0 aliphatic carbocycles. The van der Waals surface area contributed by atoms with Crippen molar-refractivity contribution in [1.82, 2.24) is 9.97 Å². The van der Waals surface area contributed by atoms with E-state index in [2.05, 4.69) is 170 Å². The third-order valence-corrected chi connectivity index (χ3v) is 12.7. The molecule has 242 valence electrons. The summed E-state index contributed by atoms with van der Waals surface area (Å²) in [5.41, 5.74) is 9.09. The quantitative estimate of drug-likeness (QED) is 0.183. The first-order valence-electron chi connectivity index (χ1n) is 17.5. The molecule has 0 fully saturated rings. The summed E-state index contributed by atoms with van der Waals surface area (Å²) in [7, 11) is 0. The lowest BCUT2D eigenvalue weighted by molar-refractivity contribution is 1.24. The Labute approximate surface area is 307 Å². The molecule has 0 saturated heterocycles. The number of rotatable bonds is 4. The molecule has 4 heteroatoms. The monoisotopic (exact) mass is 696 g/mol. The zero-order valence-electron chi connectivity index (χ0n) is 27.9. The van der Waals surface area contributed by atoms with Gasteiger partial charge in [-0.2, -0.15) is 0 Å². The summed E-state index contributed by atoms with van der Waals surface area (Å²) in [6.07, 6.45) is 0. The van der Waals surface area contributed by atoms with E-state index in [1.54, 1.807) is 11.3 Å². The van der Waals surface area contributed by atoms with Crippen LogP contribution in [0.15, 0.2) is 170 Å². The standard InChI is InChI=1S/C48H28N2S2/c1-2-12-32(13-3-1)44-47-45(38-18-8-9-20-41(38)52-47)50-48(49-44)34-25-26-42-40(28-34)43-37-17-7-5-14-33(37)27-39(46(43)51-42)31-23-21-30(22-24-31)36-19-10-15-29-11-4-6-16-35(29)36/h1-28H. The van der Waals surface area contributed by atoms with Crippen LogP contribution in [0.5, 0.6) is 0 Å². The first kappa shape index (κ1) is 29.5. The van der Waals surface area contributed by atoms with Gasteiger partial charge in [0.2, 0.25) is 0 Å². The summed E-state index contributed by atoms with van der Waals surface area (Å²) < 4.78 is 4.91. The van der Waals surface area contributed by atoms with E-state index in [4.69, 9.17) is 9.97 Å². The summed E-state index contributed by atoms with van der Waals surface area (Å²) in [4.78, 5) is 10.6. The average Bonchev–Trinajstić information content (AvgIpc) is 3.79. The predicted molar refractivity (Wildman–Crippen MR) is 225 cm³/mol. The van der Waals surface area contributed by atoms with Gasteiger partial charge in [-0.1, -0.05) is 140 Å². The number of nitrogens with zero attached hydrogens (tertiary/aromatic N) is 2. The Morgan fingerprint density at radius 3 is 1.85 bits per heavy atom. The maximum Gasteiger partial charge on any atom is 0.160 e. The fraction of sp³-hybridized carbons (Fsp3) is 0. The van der Waals surface area contributed by atoms with Crippen LogP contribution in [0.4, 0.5) is 0 Å². The second-order valence-corrected chi connectivity index (χ2v) is 15.4. The van der Waals surface area contributed by atoms with Crippen molar-refractivity contribution in [1.29, 1.82) is 0 Å². The molecule has 0 aliphatic heterocycles. The molecule has 0 aliphatic rings. The number of fused-ring (bicyclic) bond motifs is 9. The minimum atomic E-state index is 0.751. The minimum Gasteiger partial charge on any atom is -0.226 e. The third-order valence-electron chi connectivity index (χ3n) is 10.3. The van der Waals surface area contributed by atoms with Gasteiger partial charge in [-0.3, -0.25) is 0 Å². The third kappa shape index (κ3) is 4.62. The normalized spacial score (nSPS) is 11.8. The van der Waals surface area contributed by atoms with Crippen LogP contribution in [0, 0.1) is 0 Å². The molecule has 3 aromatic heterocycles. The zero-order valence-corrected chi connectivity index (χ0v) is 29.5. The lowest BCUT2D eigenvalue weighted by Gasteiger charge is -2.11. The predicted octanol–water partition coefficient (Wildman–Crippen LogP) is 14.2. The fourth-order valence-electron chi connectivity index (χ4n) is 7.80. The summed E-state index contributed by atoms with van der Waals surface area (Å²) in [5, 5.41) is 8.74. The van der Waals surface area contributed by atoms with Crippen LogP contribution in [-0.4, -0.2) is 9.97 Å². The lowest BCUT2D eigenvalue weighted by atomic mass is 9.94. The molecule has 0 unspecified atom stereocenters. The molecular formula is C48H28N2S2. The van der Waals surface area contributed by atoms with Crippen molar-refractivity contribution in [3.05, 3.63) is 170 Å². The smallest absolute Gasteiger partial charge is 0.160 e. The van der Waals surface area contributed by atoms with Crippen molar-refractivity contribution in [3.8, 4) is 44.9 Å². The van der Waals surface area contributed by atoms with Gasteiger partial charge in [0.05, 0.1) is 15.9 Å². The van der Waals surface area contributed by atoms with Crippen LogP contribution in [0.2, 0.25) is 0 Å². The molecule has 0 radical (unpaired) electrons. The number of aromatic nitrogens is 2. The molecule has 0 amide bonds. The van der Waals surface area contributed by atoms with E-state index >= 15 is 0 Å². The second kappa shape index (κ2) is 11.7. The van der Waals surface area contributed by atoms with Gasteiger partial charge in [0.1, 0.15) is 0 Å². The summed E-state index contributed by atoms with van der Waals surface area (Å²) in [5.74, 6) is 0.751. The highest BCUT2D eigenvalue weighted by Crippen LogP contribution is 2.46. The van der Waals surface area contributed by atoms with E-state index in [-0.39, 0.29) is 0 Å². The second-order valence-electron chi connectivity index (χ2n) is 13.3. The summed E-state index contributed by atoms with van der Waals surface area (Å²) >= 11 is 3.64. The van der Waals surface area contributed by atoms with E-state index in [0.29, 0.717) is 0 Å². The summed E-state index contributed by atoms with van der Waals surface area (Å²) in [6, 6.07) is 61.3. The Morgan fingerprint density at radius 1 is 0.365 bits per heavy atom. The molecule has 11 rings (SSSR count). The maximum absolute atomic E-state index is 5.29. The molecule has 0 bridgehead atoms. The first-order chi connectivity index (χ1) is 25.8. The molecule has 8 aromatic carbocycles. The number of benzene rings is 8. The van der Waals surface area contributed by atoms with Crippen LogP contribution < -0.4 is 0 Å². The van der Waals surface area contributed by atoms with Crippen molar-refractivity contribution in [2.45, 2.75) is 0 Å². The Balaban J connectivity index is 1.11. The van der Waals surface area contributed by atoms with Gasteiger partial charge < -0.3 is 0 Å². The highest BCUT2D eigenvalue weighted by molar-refractivity contribution is 7.26. The number of thiophene rings is 2. The lowest BCUT2D eigenvalue weighted by Crippen LogP contribution is -1.93. The van der Waals surface area contributed by atoms with Crippen molar-refractivity contribution in [2.24, 2.45) is 0 Å². The molecule has 0 saturated carbocycles. The van der Waals surface area contributed by atoms with Crippen molar-refractivity contribution in [2.75, 3.05) is 0 Å². The van der Waals surface area contributed by atoms with Crippen LogP contribution in [-0.2, 0) is 0 Å². The van der Waals surface area contributed by atoms with E-state index in [0.717, 1.165) is 32.9 Å². The molecule has 2 nitrogen and oxygen atoms in total.